The van der Waals surface area contributed by atoms with Gasteiger partial charge in [-0.1, -0.05) is 11.6 Å². The van der Waals surface area contributed by atoms with Crippen molar-refractivity contribution in [3.8, 4) is 5.75 Å². The van der Waals surface area contributed by atoms with Crippen LogP contribution in [0.5, 0.6) is 5.75 Å². The minimum atomic E-state index is -5.51. The zero-order chi connectivity index (χ0) is 22.7. The molecule has 0 aliphatic rings. The van der Waals surface area contributed by atoms with Gasteiger partial charge in [-0.15, -0.1) is 0 Å². The van der Waals surface area contributed by atoms with Crippen LogP contribution in [0.2, 0.25) is 5.02 Å². The van der Waals surface area contributed by atoms with Crippen LogP contribution in [0.4, 0.5) is 18.9 Å². The number of amides is 2. The molecule has 0 saturated carbocycles. The molecule has 30 heavy (non-hydrogen) atoms. The monoisotopic (exact) mass is 464 g/mol. The predicted molar refractivity (Wildman–Crippen MR) is 103 cm³/mol. The van der Waals surface area contributed by atoms with E-state index in [-0.39, 0.29) is 11.3 Å². The van der Waals surface area contributed by atoms with Crippen molar-refractivity contribution in [2.24, 2.45) is 0 Å². The molecule has 0 saturated heterocycles. The van der Waals surface area contributed by atoms with Crippen LogP contribution in [-0.2, 0) is 14.6 Å². The van der Waals surface area contributed by atoms with Crippen LogP contribution in [0, 0.1) is 0 Å². The van der Waals surface area contributed by atoms with Gasteiger partial charge in [0.25, 0.3) is 15.7 Å². The lowest BCUT2D eigenvalue weighted by atomic mass is 10.2. The molecule has 2 aromatic rings. The number of anilines is 1. The molecule has 0 fully saturated rings. The smallest absolute Gasteiger partial charge is 0.495 e. The van der Waals surface area contributed by atoms with Crippen LogP contribution in [0.15, 0.2) is 47.4 Å². The van der Waals surface area contributed by atoms with E-state index in [0.29, 0.717) is 22.9 Å². The Morgan fingerprint density at radius 2 is 1.73 bits per heavy atom. The molecule has 0 bridgehead atoms. The summed E-state index contributed by atoms with van der Waals surface area (Å²) < 4.78 is 65.6. The number of halogens is 4. The van der Waals surface area contributed by atoms with Gasteiger partial charge in [-0.05, 0) is 42.5 Å². The van der Waals surface area contributed by atoms with Gasteiger partial charge in [0, 0.05) is 17.6 Å². The number of carbonyl (C=O) groups is 2. The van der Waals surface area contributed by atoms with E-state index in [1.54, 1.807) is 12.1 Å². The number of nitrogens with zero attached hydrogens (tertiary/aromatic N) is 1. The van der Waals surface area contributed by atoms with Gasteiger partial charge in [-0.25, -0.2) is 8.42 Å². The Balaban J connectivity index is 2.09. The quantitative estimate of drug-likeness (QED) is 0.707. The first-order chi connectivity index (χ1) is 13.9. The fourth-order valence-electron chi connectivity index (χ4n) is 2.39. The molecule has 0 atom stereocenters. The second-order valence-electron chi connectivity index (χ2n) is 6.03. The molecule has 0 radical (unpaired) electrons. The second kappa shape index (κ2) is 8.92. The Bertz CT molecular complexity index is 1060. The van der Waals surface area contributed by atoms with Crippen LogP contribution in [0.3, 0.4) is 0 Å². The molecule has 2 aromatic carbocycles. The van der Waals surface area contributed by atoms with E-state index >= 15 is 0 Å². The molecule has 0 spiro atoms. The number of hydrogen-bond donors (Lipinski definition) is 1. The average Bonchev–Trinajstić information content (AvgIpc) is 2.66. The Hall–Kier alpha value is -2.79. The highest BCUT2D eigenvalue weighted by molar-refractivity contribution is 7.92. The number of benzene rings is 2. The Kier molecular flexibility index (Phi) is 6.99. The van der Waals surface area contributed by atoms with E-state index in [4.69, 9.17) is 16.3 Å². The van der Waals surface area contributed by atoms with E-state index < -0.39 is 38.6 Å². The van der Waals surface area contributed by atoms with Crippen LogP contribution in [-0.4, -0.2) is 51.3 Å². The molecule has 162 valence electrons. The molecule has 1 N–H and O–H groups in total. The first kappa shape index (κ1) is 23.5. The van der Waals surface area contributed by atoms with Gasteiger partial charge in [0.15, 0.2) is 0 Å². The maximum atomic E-state index is 12.6. The Morgan fingerprint density at radius 3 is 2.27 bits per heavy atom. The summed E-state index contributed by atoms with van der Waals surface area (Å²) in [6.45, 7) is -0.392. The lowest BCUT2D eigenvalue weighted by Gasteiger charge is -2.18. The standard InChI is InChI=1S/C18H16ClF3N2O5S/c1-24(10-16(25)23-14-9-12(19)5-8-15(14)29-2)17(26)11-3-6-13(7-4-11)30(27,28)18(20,21)22/h3-9H,10H2,1-2H3,(H,23,25). The lowest BCUT2D eigenvalue weighted by molar-refractivity contribution is -0.116. The molecule has 0 unspecified atom stereocenters. The molecule has 0 aromatic heterocycles. The van der Waals surface area contributed by atoms with E-state index in [1.807, 2.05) is 0 Å². The van der Waals surface area contributed by atoms with Crippen molar-refractivity contribution in [3.05, 3.63) is 53.1 Å². The fraction of sp³-hybridized carbons (Fsp3) is 0.222. The molecule has 0 aliphatic carbocycles. The molecule has 0 heterocycles. The van der Waals surface area contributed by atoms with Gasteiger partial charge < -0.3 is 15.0 Å². The summed E-state index contributed by atoms with van der Waals surface area (Å²) in [5.41, 5.74) is -5.25. The van der Waals surface area contributed by atoms with Crippen molar-refractivity contribution < 1.29 is 35.9 Å². The number of ether oxygens (including phenoxy) is 1. The Morgan fingerprint density at radius 1 is 1.13 bits per heavy atom. The summed E-state index contributed by atoms with van der Waals surface area (Å²) >= 11 is 5.88. The van der Waals surface area contributed by atoms with Crippen molar-refractivity contribution in [2.45, 2.75) is 10.4 Å². The van der Waals surface area contributed by atoms with Crippen molar-refractivity contribution in [3.63, 3.8) is 0 Å². The number of methoxy groups -OCH3 is 1. The summed E-state index contributed by atoms with van der Waals surface area (Å²) in [7, 11) is -2.81. The van der Waals surface area contributed by atoms with Gasteiger partial charge in [0.05, 0.1) is 24.2 Å². The number of likely N-dealkylation sites (N-methyl/N-ethyl adjacent to an activating group) is 1. The molecule has 0 aliphatic heterocycles. The highest BCUT2D eigenvalue weighted by atomic mass is 35.5. The van der Waals surface area contributed by atoms with Crippen LogP contribution in [0.1, 0.15) is 10.4 Å². The van der Waals surface area contributed by atoms with Crippen LogP contribution in [0.25, 0.3) is 0 Å². The maximum Gasteiger partial charge on any atom is 0.501 e. The van der Waals surface area contributed by atoms with Crippen LogP contribution >= 0.6 is 11.6 Å². The number of alkyl halides is 3. The first-order valence-electron chi connectivity index (χ1n) is 8.17. The number of carbonyl (C=O) groups excluding carboxylic acids is 2. The third-order valence-corrected chi connectivity index (χ3v) is 5.62. The molecule has 7 nitrogen and oxygen atoms in total. The van der Waals surface area contributed by atoms with E-state index in [2.05, 4.69) is 5.32 Å². The third-order valence-electron chi connectivity index (χ3n) is 3.88. The molecular weight excluding hydrogens is 449 g/mol. The highest BCUT2D eigenvalue weighted by Gasteiger charge is 2.46. The fourth-order valence-corrected chi connectivity index (χ4v) is 3.32. The normalized spacial score (nSPS) is 11.7. The van der Waals surface area contributed by atoms with Gasteiger partial charge in [0.2, 0.25) is 5.91 Å². The van der Waals surface area contributed by atoms with Gasteiger partial charge in [-0.2, -0.15) is 13.2 Å². The van der Waals surface area contributed by atoms with E-state index in [1.165, 1.54) is 20.2 Å². The van der Waals surface area contributed by atoms with Crippen molar-refractivity contribution >= 4 is 38.9 Å². The molecule has 12 heteroatoms. The largest absolute Gasteiger partial charge is 0.501 e. The minimum Gasteiger partial charge on any atom is -0.495 e. The summed E-state index contributed by atoms with van der Waals surface area (Å²) in [4.78, 5) is 24.6. The second-order valence-corrected chi connectivity index (χ2v) is 8.41. The first-order valence-corrected chi connectivity index (χ1v) is 10.0. The summed E-state index contributed by atoms with van der Waals surface area (Å²) in [6, 6.07) is 7.81. The van der Waals surface area contributed by atoms with Crippen LogP contribution < -0.4 is 10.1 Å². The van der Waals surface area contributed by atoms with Gasteiger partial charge in [0.1, 0.15) is 5.75 Å². The zero-order valence-corrected chi connectivity index (χ0v) is 17.2. The number of nitrogens with one attached hydrogen (secondary N) is 1. The summed E-state index contributed by atoms with van der Waals surface area (Å²) in [5.74, 6) is -0.926. The SMILES string of the molecule is COc1ccc(Cl)cc1NC(=O)CN(C)C(=O)c1ccc(S(=O)(=O)C(F)(F)F)cc1. The number of rotatable bonds is 6. The van der Waals surface area contributed by atoms with Crippen molar-refractivity contribution in [2.75, 3.05) is 26.0 Å². The van der Waals surface area contributed by atoms with Crippen molar-refractivity contribution in [1.29, 1.82) is 0 Å². The Labute approximate surface area is 175 Å². The highest BCUT2D eigenvalue weighted by Crippen LogP contribution is 2.30. The van der Waals surface area contributed by atoms with E-state index in [9.17, 15) is 31.2 Å². The summed E-state index contributed by atoms with van der Waals surface area (Å²) in [5, 5.41) is 2.89. The van der Waals surface area contributed by atoms with Gasteiger partial charge >= 0.3 is 5.51 Å². The maximum absolute atomic E-state index is 12.6. The average molecular weight is 465 g/mol. The summed E-state index contributed by atoms with van der Waals surface area (Å²) in [6.07, 6.45) is 0. The van der Waals surface area contributed by atoms with Crippen molar-refractivity contribution in [1.82, 2.24) is 4.90 Å². The minimum absolute atomic E-state index is 0.0910. The topological polar surface area (TPSA) is 92.8 Å². The van der Waals surface area contributed by atoms with Gasteiger partial charge in [-0.3, -0.25) is 9.59 Å². The predicted octanol–water partition coefficient (Wildman–Crippen LogP) is 3.35. The number of sulfone groups is 1. The third kappa shape index (κ3) is 5.22. The molecule has 2 amide bonds. The molecular formula is C18H16ClF3N2O5S. The van der Waals surface area contributed by atoms with E-state index in [0.717, 1.165) is 17.0 Å². The number of hydrogen-bond acceptors (Lipinski definition) is 5. The lowest BCUT2D eigenvalue weighted by Crippen LogP contribution is -2.35. The zero-order valence-electron chi connectivity index (χ0n) is 15.7. The molecule has 2 rings (SSSR count).